The van der Waals surface area contributed by atoms with Crippen molar-refractivity contribution in [2.24, 2.45) is 0 Å². The molecule has 0 unspecified atom stereocenters. The van der Waals surface area contributed by atoms with Crippen LogP contribution in [0.15, 0.2) is 58.8 Å². The average molecular weight is 487 g/mol. The van der Waals surface area contributed by atoms with Crippen molar-refractivity contribution in [3.05, 3.63) is 69.6 Å². The third-order valence-corrected chi connectivity index (χ3v) is 8.17. The summed E-state index contributed by atoms with van der Waals surface area (Å²) in [5, 5.41) is 15.6. The predicted molar refractivity (Wildman–Crippen MR) is 126 cm³/mol. The second kappa shape index (κ2) is 9.38. The van der Waals surface area contributed by atoms with Gasteiger partial charge in [0.25, 0.3) is 5.69 Å². The number of carbonyl (C=O) groups is 1. The number of thiazole rings is 1. The molecule has 0 spiro atoms. The highest BCUT2D eigenvalue weighted by Gasteiger charge is 2.37. The molecule has 1 aliphatic rings. The van der Waals surface area contributed by atoms with Crippen molar-refractivity contribution in [3.8, 4) is 11.3 Å². The molecule has 9 nitrogen and oxygen atoms in total. The van der Waals surface area contributed by atoms with Crippen LogP contribution in [0.4, 0.5) is 10.8 Å². The topological polar surface area (TPSA) is 123 Å². The summed E-state index contributed by atoms with van der Waals surface area (Å²) in [6.07, 6.45) is 1.87. The van der Waals surface area contributed by atoms with Gasteiger partial charge < -0.3 is 5.32 Å². The SMILES string of the molecule is Cc1ccc(S(=O)(=O)N2CCCC[C@@H]2C(=O)Nc2nc(-c3ccc([N+](=O)[O-])cc3)cs2)cc1. The molecule has 1 fully saturated rings. The fraction of sp³-hybridized carbons (Fsp3) is 0.273. The molecule has 33 heavy (non-hydrogen) atoms. The van der Waals surface area contributed by atoms with Crippen molar-refractivity contribution >= 4 is 38.1 Å². The quantitative estimate of drug-likeness (QED) is 0.411. The number of rotatable bonds is 6. The van der Waals surface area contributed by atoms with E-state index < -0.39 is 26.9 Å². The fourth-order valence-corrected chi connectivity index (χ4v) is 6.09. The highest BCUT2D eigenvalue weighted by Crippen LogP contribution is 2.29. The number of sulfonamides is 1. The van der Waals surface area contributed by atoms with Gasteiger partial charge in [0.2, 0.25) is 15.9 Å². The number of nitrogens with zero attached hydrogens (tertiary/aromatic N) is 3. The van der Waals surface area contributed by atoms with Crippen molar-refractivity contribution in [1.82, 2.24) is 9.29 Å². The maximum absolute atomic E-state index is 13.2. The number of nitro benzene ring substituents is 1. The number of aryl methyl sites for hydroxylation is 1. The lowest BCUT2D eigenvalue weighted by molar-refractivity contribution is -0.384. The van der Waals surface area contributed by atoms with E-state index in [9.17, 15) is 23.3 Å². The van der Waals surface area contributed by atoms with E-state index in [1.807, 2.05) is 6.92 Å². The first-order valence-corrected chi connectivity index (χ1v) is 12.7. The van der Waals surface area contributed by atoms with Gasteiger partial charge in [-0.2, -0.15) is 4.31 Å². The number of piperidine rings is 1. The summed E-state index contributed by atoms with van der Waals surface area (Å²) < 4.78 is 27.7. The normalized spacial score (nSPS) is 16.9. The number of hydrogen-bond donors (Lipinski definition) is 1. The number of anilines is 1. The maximum atomic E-state index is 13.2. The maximum Gasteiger partial charge on any atom is 0.269 e. The molecule has 2 heterocycles. The molecule has 1 atom stereocenters. The lowest BCUT2D eigenvalue weighted by Crippen LogP contribution is -2.49. The van der Waals surface area contributed by atoms with Gasteiger partial charge in [0.15, 0.2) is 5.13 Å². The molecule has 4 rings (SSSR count). The van der Waals surface area contributed by atoms with Crippen LogP contribution in [-0.4, -0.2) is 41.1 Å². The van der Waals surface area contributed by atoms with Crippen LogP contribution < -0.4 is 5.32 Å². The molecule has 1 saturated heterocycles. The van der Waals surface area contributed by atoms with E-state index in [4.69, 9.17) is 0 Å². The number of amides is 1. The van der Waals surface area contributed by atoms with Crippen molar-refractivity contribution in [2.75, 3.05) is 11.9 Å². The van der Waals surface area contributed by atoms with Crippen LogP contribution in [0.5, 0.6) is 0 Å². The highest BCUT2D eigenvalue weighted by molar-refractivity contribution is 7.89. The van der Waals surface area contributed by atoms with Gasteiger partial charge in [-0.3, -0.25) is 14.9 Å². The summed E-state index contributed by atoms with van der Waals surface area (Å²) in [5.41, 5.74) is 2.18. The zero-order valence-electron chi connectivity index (χ0n) is 17.8. The Bertz CT molecular complexity index is 1270. The van der Waals surface area contributed by atoms with Crippen molar-refractivity contribution in [2.45, 2.75) is 37.1 Å². The minimum atomic E-state index is -3.81. The fourth-order valence-electron chi connectivity index (χ4n) is 3.71. The van der Waals surface area contributed by atoms with Crippen molar-refractivity contribution in [3.63, 3.8) is 0 Å². The van der Waals surface area contributed by atoms with Gasteiger partial charge in [-0.05, 0) is 44.0 Å². The van der Waals surface area contributed by atoms with Crippen LogP contribution in [0.2, 0.25) is 0 Å². The van der Waals surface area contributed by atoms with E-state index in [0.29, 0.717) is 29.2 Å². The molecule has 172 valence electrons. The average Bonchev–Trinajstić information content (AvgIpc) is 3.28. The van der Waals surface area contributed by atoms with Crippen LogP contribution in [-0.2, 0) is 14.8 Å². The molecular weight excluding hydrogens is 464 g/mol. The van der Waals surface area contributed by atoms with Gasteiger partial charge in [0.1, 0.15) is 6.04 Å². The lowest BCUT2D eigenvalue weighted by Gasteiger charge is -2.33. The largest absolute Gasteiger partial charge is 0.301 e. The monoisotopic (exact) mass is 486 g/mol. The second-order valence-electron chi connectivity index (χ2n) is 7.77. The Balaban J connectivity index is 1.51. The molecule has 0 radical (unpaired) electrons. The molecule has 1 aromatic heterocycles. The molecule has 2 aromatic carbocycles. The number of nitrogens with one attached hydrogen (secondary N) is 1. The minimum Gasteiger partial charge on any atom is -0.301 e. The molecule has 1 N–H and O–H groups in total. The van der Waals surface area contributed by atoms with Crippen LogP contribution in [0, 0.1) is 17.0 Å². The van der Waals surface area contributed by atoms with E-state index in [1.54, 1.807) is 41.8 Å². The molecule has 1 aliphatic heterocycles. The first-order chi connectivity index (χ1) is 15.8. The summed E-state index contributed by atoms with van der Waals surface area (Å²) in [5.74, 6) is -0.421. The summed E-state index contributed by atoms with van der Waals surface area (Å²) in [6.45, 7) is 2.16. The molecule has 1 amide bonds. The van der Waals surface area contributed by atoms with E-state index in [2.05, 4.69) is 10.3 Å². The Kier molecular flexibility index (Phi) is 6.54. The number of benzene rings is 2. The Morgan fingerprint density at radius 3 is 2.52 bits per heavy atom. The summed E-state index contributed by atoms with van der Waals surface area (Å²) in [6, 6.07) is 11.7. The van der Waals surface area contributed by atoms with Crippen LogP contribution in [0.1, 0.15) is 24.8 Å². The van der Waals surface area contributed by atoms with Gasteiger partial charge >= 0.3 is 0 Å². The standard InChI is InChI=1S/C22H22N4O5S2/c1-15-5-11-18(12-6-15)33(30,31)25-13-3-2-4-20(25)21(27)24-22-23-19(14-32-22)16-7-9-17(10-8-16)26(28)29/h5-12,14,20H,2-4,13H2,1H3,(H,23,24,27)/t20-/m1/s1. The lowest BCUT2D eigenvalue weighted by atomic mass is 10.0. The smallest absolute Gasteiger partial charge is 0.269 e. The molecular formula is C22H22N4O5S2. The third kappa shape index (κ3) is 4.95. The number of aromatic nitrogens is 1. The van der Waals surface area contributed by atoms with E-state index in [1.165, 1.54) is 27.8 Å². The Morgan fingerprint density at radius 1 is 1.15 bits per heavy atom. The molecule has 3 aromatic rings. The highest BCUT2D eigenvalue weighted by atomic mass is 32.2. The molecule has 0 saturated carbocycles. The minimum absolute atomic E-state index is 0.0188. The van der Waals surface area contributed by atoms with Crippen LogP contribution in [0.25, 0.3) is 11.3 Å². The molecule has 0 bridgehead atoms. The van der Waals surface area contributed by atoms with E-state index in [-0.39, 0.29) is 17.1 Å². The predicted octanol–water partition coefficient (Wildman–Crippen LogP) is 4.21. The first kappa shape index (κ1) is 23.0. The summed E-state index contributed by atoms with van der Waals surface area (Å²) in [7, 11) is -3.81. The van der Waals surface area contributed by atoms with Gasteiger partial charge in [-0.1, -0.05) is 24.1 Å². The number of hydrogen-bond acceptors (Lipinski definition) is 7. The zero-order chi connectivity index (χ0) is 23.6. The van der Waals surface area contributed by atoms with E-state index in [0.717, 1.165) is 12.0 Å². The van der Waals surface area contributed by atoms with Crippen LogP contribution >= 0.6 is 11.3 Å². The number of carbonyl (C=O) groups excluding carboxylic acids is 1. The summed E-state index contributed by atoms with van der Waals surface area (Å²) in [4.78, 5) is 28.0. The van der Waals surface area contributed by atoms with Crippen LogP contribution in [0.3, 0.4) is 0 Å². The zero-order valence-corrected chi connectivity index (χ0v) is 19.4. The van der Waals surface area contributed by atoms with Gasteiger partial charge in [-0.25, -0.2) is 13.4 Å². The van der Waals surface area contributed by atoms with Crippen molar-refractivity contribution in [1.29, 1.82) is 0 Å². The number of nitro groups is 1. The third-order valence-electron chi connectivity index (χ3n) is 5.49. The molecule has 0 aliphatic carbocycles. The second-order valence-corrected chi connectivity index (χ2v) is 10.5. The number of non-ortho nitro benzene ring substituents is 1. The Labute approximate surface area is 195 Å². The van der Waals surface area contributed by atoms with Gasteiger partial charge in [0.05, 0.1) is 15.5 Å². The van der Waals surface area contributed by atoms with E-state index >= 15 is 0 Å². The Hall–Kier alpha value is -3.15. The van der Waals surface area contributed by atoms with Gasteiger partial charge in [-0.15, -0.1) is 11.3 Å². The van der Waals surface area contributed by atoms with Crippen molar-refractivity contribution < 1.29 is 18.1 Å². The first-order valence-electron chi connectivity index (χ1n) is 10.4. The summed E-state index contributed by atoms with van der Waals surface area (Å²) >= 11 is 1.21. The van der Waals surface area contributed by atoms with Gasteiger partial charge in [0, 0.05) is 29.6 Å². The molecule has 11 heteroatoms. The Morgan fingerprint density at radius 2 is 1.85 bits per heavy atom.